The molecule has 5 heteroatoms. The first-order valence-electron chi connectivity index (χ1n) is 8.24. The molecule has 1 fully saturated rings. The van der Waals surface area contributed by atoms with Gasteiger partial charge >= 0.3 is 0 Å². The van der Waals surface area contributed by atoms with Crippen molar-refractivity contribution in [2.45, 2.75) is 46.7 Å². The highest BCUT2D eigenvalue weighted by Gasteiger charge is 2.18. The van der Waals surface area contributed by atoms with Crippen LogP contribution in [-0.2, 0) is 13.1 Å². The zero-order valence-corrected chi connectivity index (χ0v) is 13.8. The van der Waals surface area contributed by atoms with Crippen LogP contribution >= 0.6 is 0 Å². The lowest BCUT2D eigenvalue weighted by molar-refractivity contribution is 0.250. The van der Waals surface area contributed by atoms with Gasteiger partial charge in [-0.25, -0.2) is 0 Å². The fraction of sp³-hybridized carbons (Fsp3) is 0.812. The molecule has 5 nitrogen and oxygen atoms in total. The van der Waals surface area contributed by atoms with Gasteiger partial charge in [0.25, 0.3) is 0 Å². The maximum Gasteiger partial charge on any atom is 0.0644 e. The summed E-state index contributed by atoms with van der Waals surface area (Å²) in [5.74, 6) is 0. The molecule has 2 rings (SSSR count). The molecule has 1 aliphatic rings. The SMILES string of the molecule is CCCN1CCCN(Cc2c(C)nn(CCO)c2C)CC1. The summed E-state index contributed by atoms with van der Waals surface area (Å²) in [7, 11) is 0. The average Bonchev–Trinajstić information content (AvgIpc) is 2.65. The number of nitrogens with zero attached hydrogens (tertiary/aromatic N) is 4. The van der Waals surface area contributed by atoms with E-state index in [4.69, 9.17) is 5.11 Å². The summed E-state index contributed by atoms with van der Waals surface area (Å²) < 4.78 is 1.94. The van der Waals surface area contributed by atoms with Crippen molar-refractivity contribution in [3.05, 3.63) is 17.0 Å². The number of aromatic nitrogens is 2. The van der Waals surface area contributed by atoms with Crippen LogP contribution in [0.2, 0.25) is 0 Å². The standard InChI is InChI=1S/C16H30N4O/c1-4-6-18-7-5-8-19(10-9-18)13-16-14(2)17-20(11-12-21)15(16)3/h21H,4-13H2,1-3H3. The molecule has 1 saturated heterocycles. The van der Waals surface area contributed by atoms with Gasteiger partial charge in [0.2, 0.25) is 0 Å². The van der Waals surface area contributed by atoms with E-state index in [2.05, 4.69) is 35.7 Å². The smallest absolute Gasteiger partial charge is 0.0644 e. The van der Waals surface area contributed by atoms with Crippen LogP contribution in [0.5, 0.6) is 0 Å². The maximum atomic E-state index is 9.11. The van der Waals surface area contributed by atoms with Gasteiger partial charge in [0.1, 0.15) is 0 Å². The molecule has 0 spiro atoms. The second-order valence-electron chi connectivity index (χ2n) is 6.07. The van der Waals surface area contributed by atoms with Gasteiger partial charge in [-0.15, -0.1) is 0 Å². The molecular weight excluding hydrogens is 264 g/mol. The number of rotatable bonds is 6. The molecule has 0 aromatic carbocycles. The fourth-order valence-electron chi connectivity index (χ4n) is 3.22. The Morgan fingerprint density at radius 1 is 1.05 bits per heavy atom. The number of aliphatic hydroxyl groups is 1. The third kappa shape index (κ3) is 4.28. The van der Waals surface area contributed by atoms with Gasteiger partial charge < -0.3 is 10.0 Å². The highest BCUT2D eigenvalue weighted by molar-refractivity contribution is 5.24. The number of hydrogen-bond donors (Lipinski definition) is 1. The van der Waals surface area contributed by atoms with Crippen molar-refractivity contribution in [1.29, 1.82) is 0 Å². The van der Waals surface area contributed by atoms with Gasteiger partial charge in [0.15, 0.2) is 0 Å². The first-order valence-corrected chi connectivity index (χ1v) is 8.24. The Labute approximate surface area is 128 Å². The van der Waals surface area contributed by atoms with Crippen molar-refractivity contribution >= 4 is 0 Å². The lowest BCUT2D eigenvalue weighted by atomic mass is 10.2. The molecule has 0 saturated carbocycles. The van der Waals surface area contributed by atoms with Crippen LogP contribution in [0.25, 0.3) is 0 Å². The Morgan fingerprint density at radius 3 is 2.48 bits per heavy atom. The average molecular weight is 294 g/mol. The van der Waals surface area contributed by atoms with E-state index in [0.717, 1.165) is 18.8 Å². The van der Waals surface area contributed by atoms with Crippen LogP contribution in [0.1, 0.15) is 36.7 Å². The summed E-state index contributed by atoms with van der Waals surface area (Å²) in [6.45, 7) is 14.1. The van der Waals surface area contributed by atoms with E-state index in [1.807, 2.05) is 4.68 Å². The molecule has 0 bridgehead atoms. The molecule has 1 N–H and O–H groups in total. The monoisotopic (exact) mass is 294 g/mol. The molecule has 1 aromatic rings. The molecular formula is C16H30N4O. The van der Waals surface area contributed by atoms with Crippen LogP contribution in [0.15, 0.2) is 0 Å². The molecule has 0 radical (unpaired) electrons. The molecule has 120 valence electrons. The van der Waals surface area contributed by atoms with E-state index in [-0.39, 0.29) is 6.61 Å². The highest BCUT2D eigenvalue weighted by Crippen LogP contribution is 2.17. The van der Waals surface area contributed by atoms with Crippen LogP contribution in [-0.4, -0.2) is 64.0 Å². The summed E-state index contributed by atoms with van der Waals surface area (Å²) in [5, 5.41) is 13.7. The second-order valence-corrected chi connectivity index (χ2v) is 6.07. The second kappa shape index (κ2) is 7.92. The number of aliphatic hydroxyl groups excluding tert-OH is 1. The minimum absolute atomic E-state index is 0.150. The van der Waals surface area contributed by atoms with Crippen molar-refractivity contribution < 1.29 is 5.11 Å². The Balaban J connectivity index is 1.98. The van der Waals surface area contributed by atoms with E-state index < -0.39 is 0 Å². The summed E-state index contributed by atoms with van der Waals surface area (Å²) in [4.78, 5) is 5.13. The van der Waals surface area contributed by atoms with Gasteiger partial charge in [-0.05, 0) is 46.3 Å². The Bertz CT molecular complexity index is 444. The summed E-state index contributed by atoms with van der Waals surface area (Å²) in [6, 6.07) is 0. The van der Waals surface area contributed by atoms with E-state index in [9.17, 15) is 0 Å². The minimum Gasteiger partial charge on any atom is -0.394 e. The third-order valence-corrected chi connectivity index (χ3v) is 4.45. The summed E-state index contributed by atoms with van der Waals surface area (Å²) in [6.07, 6.45) is 2.50. The molecule has 1 aromatic heterocycles. The van der Waals surface area contributed by atoms with Gasteiger partial charge in [0, 0.05) is 30.9 Å². The zero-order chi connectivity index (χ0) is 15.2. The van der Waals surface area contributed by atoms with E-state index in [1.54, 1.807) is 0 Å². The molecule has 0 aliphatic carbocycles. The van der Waals surface area contributed by atoms with Gasteiger partial charge in [-0.3, -0.25) is 9.58 Å². The Morgan fingerprint density at radius 2 is 1.76 bits per heavy atom. The van der Waals surface area contributed by atoms with Crippen LogP contribution in [0, 0.1) is 13.8 Å². The molecule has 0 unspecified atom stereocenters. The largest absolute Gasteiger partial charge is 0.394 e. The van der Waals surface area contributed by atoms with Crippen molar-refractivity contribution in [3.8, 4) is 0 Å². The van der Waals surface area contributed by atoms with Gasteiger partial charge in [-0.2, -0.15) is 5.10 Å². The topological polar surface area (TPSA) is 44.5 Å². The van der Waals surface area contributed by atoms with Crippen LogP contribution < -0.4 is 0 Å². The van der Waals surface area contributed by atoms with Crippen molar-refractivity contribution in [2.24, 2.45) is 0 Å². The maximum absolute atomic E-state index is 9.11. The molecule has 0 atom stereocenters. The van der Waals surface area contributed by atoms with E-state index >= 15 is 0 Å². The molecule has 21 heavy (non-hydrogen) atoms. The first kappa shape index (κ1) is 16.5. The normalized spacial score (nSPS) is 18.1. The minimum atomic E-state index is 0.150. The van der Waals surface area contributed by atoms with Crippen molar-refractivity contribution in [3.63, 3.8) is 0 Å². The van der Waals surface area contributed by atoms with E-state index in [1.165, 1.54) is 50.3 Å². The molecule has 2 heterocycles. The fourth-order valence-corrected chi connectivity index (χ4v) is 3.22. The van der Waals surface area contributed by atoms with Crippen LogP contribution in [0.3, 0.4) is 0 Å². The lowest BCUT2D eigenvalue weighted by Crippen LogP contribution is -2.31. The number of hydrogen-bond acceptors (Lipinski definition) is 4. The first-order chi connectivity index (χ1) is 10.2. The van der Waals surface area contributed by atoms with Crippen molar-refractivity contribution in [2.75, 3.05) is 39.3 Å². The van der Waals surface area contributed by atoms with Gasteiger partial charge in [-0.1, -0.05) is 6.92 Å². The Hall–Kier alpha value is -0.910. The zero-order valence-electron chi connectivity index (χ0n) is 13.8. The molecule has 0 amide bonds. The quantitative estimate of drug-likeness (QED) is 0.861. The molecule has 1 aliphatic heterocycles. The van der Waals surface area contributed by atoms with Gasteiger partial charge in [0.05, 0.1) is 18.8 Å². The number of aryl methyl sites for hydroxylation is 1. The van der Waals surface area contributed by atoms with Crippen LogP contribution in [0.4, 0.5) is 0 Å². The van der Waals surface area contributed by atoms with E-state index in [0.29, 0.717) is 6.54 Å². The lowest BCUT2D eigenvalue weighted by Gasteiger charge is -2.21. The predicted molar refractivity (Wildman–Crippen MR) is 85.4 cm³/mol. The highest BCUT2D eigenvalue weighted by atomic mass is 16.3. The van der Waals surface area contributed by atoms with Crippen molar-refractivity contribution in [1.82, 2.24) is 19.6 Å². The Kier molecular flexibility index (Phi) is 6.21. The third-order valence-electron chi connectivity index (χ3n) is 4.45. The summed E-state index contributed by atoms with van der Waals surface area (Å²) >= 11 is 0. The summed E-state index contributed by atoms with van der Waals surface area (Å²) in [5.41, 5.74) is 3.65. The predicted octanol–water partition coefficient (Wildman–Crippen LogP) is 1.41.